The molecule has 0 amide bonds. The fourth-order valence-corrected chi connectivity index (χ4v) is 3.36. The summed E-state index contributed by atoms with van der Waals surface area (Å²) in [7, 11) is 0. The van der Waals surface area contributed by atoms with E-state index in [0.29, 0.717) is 23.4 Å². The quantitative estimate of drug-likeness (QED) is 0.696. The van der Waals surface area contributed by atoms with Crippen LogP contribution < -0.4 is 4.90 Å². The summed E-state index contributed by atoms with van der Waals surface area (Å²) in [6, 6.07) is 8.43. The molecule has 0 aliphatic carbocycles. The van der Waals surface area contributed by atoms with Gasteiger partial charge in [0.05, 0.1) is 31.9 Å². The van der Waals surface area contributed by atoms with Crippen molar-refractivity contribution in [3.8, 4) is 5.75 Å². The molecule has 1 saturated heterocycles. The summed E-state index contributed by atoms with van der Waals surface area (Å²) >= 11 is 0. The highest BCUT2D eigenvalue weighted by atomic mass is 16.3. The first-order chi connectivity index (χ1) is 12.2. The summed E-state index contributed by atoms with van der Waals surface area (Å²) in [6.07, 6.45) is 5.87. The average Bonchev–Trinajstić information content (AvgIpc) is 3.13. The lowest BCUT2D eigenvalue weighted by atomic mass is 10.1. The molecular formula is C20H26N3O2+. The molecule has 0 bridgehead atoms. The van der Waals surface area contributed by atoms with Crippen LogP contribution >= 0.6 is 0 Å². The SMILES string of the molecule is Cc1ncc(CO)c(C=NCc2ccccc2C[NH+]2CCCC2)c1O. The van der Waals surface area contributed by atoms with Crippen LogP contribution in [0.3, 0.4) is 0 Å². The van der Waals surface area contributed by atoms with Crippen LogP contribution in [0.1, 0.15) is 40.8 Å². The van der Waals surface area contributed by atoms with Gasteiger partial charge < -0.3 is 15.1 Å². The van der Waals surface area contributed by atoms with Crippen molar-refractivity contribution in [3.05, 3.63) is 58.4 Å². The maximum Gasteiger partial charge on any atom is 0.145 e. The number of nitrogens with one attached hydrogen (secondary N) is 1. The summed E-state index contributed by atoms with van der Waals surface area (Å²) in [4.78, 5) is 10.2. The second-order valence-electron chi connectivity index (χ2n) is 6.66. The lowest BCUT2D eigenvalue weighted by Crippen LogP contribution is -3.08. The first-order valence-corrected chi connectivity index (χ1v) is 8.87. The summed E-state index contributed by atoms with van der Waals surface area (Å²) < 4.78 is 0. The van der Waals surface area contributed by atoms with E-state index in [2.05, 4.69) is 28.2 Å². The number of aromatic hydroxyl groups is 1. The monoisotopic (exact) mass is 340 g/mol. The Kier molecular flexibility index (Phi) is 5.79. The Labute approximate surface area is 148 Å². The van der Waals surface area contributed by atoms with Gasteiger partial charge in [0.25, 0.3) is 0 Å². The minimum atomic E-state index is -0.170. The third kappa shape index (κ3) is 4.24. The highest BCUT2D eigenvalue weighted by molar-refractivity contribution is 5.85. The molecule has 0 saturated carbocycles. The van der Waals surface area contributed by atoms with Gasteiger partial charge in [-0.25, -0.2) is 0 Å². The van der Waals surface area contributed by atoms with Gasteiger partial charge in [0, 0.05) is 41.9 Å². The molecule has 1 aromatic heterocycles. The number of rotatable bonds is 6. The highest BCUT2D eigenvalue weighted by Gasteiger charge is 2.17. The average molecular weight is 340 g/mol. The van der Waals surface area contributed by atoms with Crippen LogP contribution in [0.4, 0.5) is 0 Å². The number of aliphatic imine (C=N–C) groups is 1. The minimum Gasteiger partial charge on any atom is -0.505 e. The van der Waals surface area contributed by atoms with Crippen LogP contribution in [-0.2, 0) is 19.7 Å². The van der Waals surface area contributed by atoms with E-state index in [0.717, 1.165) is 6.54 Å². The number of aliphatic hydroxyl groups is 1. The third-order valence-corrected chi connectivity index (χ3v) is 4.88. The molecule has 0 radical (unpaired) electrons. The van der Waals surface area contributed by atoms with E-state index >= 15 is 0 Å². The number of aliphatic hydroxyl groups excluding tert-OH is 1. The summed E-state index contributed by atoms with van der Waals surface area (Å²) in [5.74, 6) is 0.0881. The second-order valence-corrected chi connectivity index (χ2v) is 6.66. The van der Waals surface area contributed by atoms with Gasteiger partial charge in [0.2, 0.25) is 0 Å². The minimum absolute atomic E-state index is 0.0881. The van der Waals surface area contributed by atoms with Crippen LogP contribution in [0, 0.1) is 6.92 Å². The van der Waals surface area contributed by atoms with E-state index in [1.54, 1.807) is 24.2 Å². The largest absolute Gasteiger partial charge is 0.505 e. The first-order valence-electron chi connectivity index (χ1n) is 8.87. The number of benzene rings is 1. The van der Waals surface area contributed by atoms with Crippen molar-refractivity contribution in [3.63, 3.8) is 0 Å². The van der Waals surface area contributed by atoms with Crippen molar-refractivity contribution in [2.24, 2.45) is 4.99 Å². The lowest BCUT2D eigenvalue weighted by Gasteiger charge is -2.14. The normalized spacial score (nSPS) is 15.3. The van der Waals surface area contributed by atoms with Crippen molar-refractivity contribution in [1.82, 2.24) is 4.98 Å². The van der Waals surface area contributed by atoms with E-state index in [-0.39, 0.29) is 12.4 Å². The number of nitrogens with zero attached hydrogens (tertiary/aromatic N) is 2. The Bertz CT molecular complexity index is 753. The van der Waals surface area contributed by atoms with Crippen molar-refractivity contribution >= 4 is 6.21 Å². The Balaban J connectivity index is 1.76. The Morgan fingerprint density at radius 2 is 1.88 bits per heavy atom. The van der Waals surface area contributed by atoms with Crippen LogP contribution in [0.2, 0.25) is 0 Å². The Morgan fingerprint density at radius 1 is 1.16 bits per heavy atom. The van der Waals surface area contributed by atoms with Gasteiger partial charge in [-0.2, -0.15) is 0 Å². The van der Waals surface area contributed by atoms with Gasteiger partial charge in [-0.3, -0.25) is 9.98 Å². The van der Waals surface area contributed by atoms with E-state index in [4.69, 9.17) is 0 Å². The zero-order valence-electron chi connectivity index (χ0n) is 14.7. The summed E-state index contributed by atoms with van der Waals surface area (Å²) in [5, 5.41) is 19.6. The van der Waals surface area contributed by atoms with E-state index in [1.807, 2.05) is 6.07 Å². The Morgan fingerprint density at radius 3 is 2.60 bits per heavy atom. The molecule has 1 aliphatic heterocycles. The number of aromatic nitrogens is 1. The predicted octanol–water partition coefficient (Wildman–Crippen LogP) is 1.39. The zero-order chi connectivity index (χ0) is 17.6. The first kappa shape index (κ1) is 17.6. The molecule has 3 rings (SSSR count). The molecule has 1 fully saturated rings. The maximum absolute atomic E-state index is 10.2. The molecule has 25 heavy (non-hydrogen) atoms. The van der Waals surface area contributed by atoms with E-state index in [9.17, 15) is 10.2 Å². The molecule has 2 heterocycles. The molecular weight excluding hydrogens is 314 g/mol. The number of likely N-dealkylation sites (tertiary alicyclic amines) is 1. The number of hydrogen-bond acceptors (Lipinski definition) is 4. The van der Waals surface area contributed by atoms with E-state index < -0.39 is 0 Å². The smallest absolute Gasteiger partial charge is 0.145 e. The molecule has 5 heteroatoms. The lowest BCUT2D eigenvalue weighted by molar-refractivity contribution is -0.901. The molecule has 1 aromatic carbocycles. The molecule has 1 aliphatic rings. The fraction of sp³-hybridized carbons (Fsp3) is 0.400. The van der Waals surface area contributed by atoms with Gasteiger partial charge in [0.1, 0.15) is 12.3 Å². The number of pyridine rings is 1. The van der Waals surface area contributed by atoms with Crippen LogP contribution in [0.25, 0.3) is 0 Å². The number of aryl methyl sites for hydroxylation is 1. The number of hydrogen-bond donors (Lipinski definition) is 3. The van der Waals surface area contributed by atoms with Crippen LogP contribution in [-0.4, -0.2) is 34.5 Å². The summed E-state index contributed by atoms with van der Waals surface area (Å²) in [6.45, 7) is 5.69. The summed E-state index contributed by atoms with van der Waals surface area (Å²) in [5.41, 5.74) is 4.24. The van der Waals surface area contributed by atoms with Crippen molar-refractivity contribution in [1.29, 1.82) is 0 Å². The van der Waals surface area contributed by atoms with Crippen LogP contribution in [0.5, 0.6) is 5.75 Å². The van der Waals surface area contributed by atoms with Gasteiger partial charge in [-0.15, -0.1) is 0 Å². The van der Waals surface area contributed by atoms with Crippen molar-refractivity contribution < 1.29 is 15.1 Å². The molecule has 132 valence electrons. The topological polar surface area (TPSA) is 70.2 Å². The van der Waals surface area contributed by atoms with Crippen molar-refractivity contribution in [2.45, 2.75) is 39.5 Å². The number of quaternary nitrogens is 1. The molecule has 0 spiro atoms. The van der Waals surface area contributed by atoms with Gasteiger partial charge in [-0.1, -0.05) is 24.3 Å². The molecule has 2 aromatic rings. The van der Waals surface area contributed by atoms with Gasteiger partial charge in [-0.05, 0) is 12.5 Å². The zero-order valence-corrected chi connectivity index (χ0v) is 14.7. The standard InChI is InChI=1S/C20H25N3O2/c1-15-20(25)19(18(14-24)11-22-15)12-21-10-16-6-2-3-7-17(16)13-23-8-4-5-9-23/h2-3,6-7,11-12,24-25H,4-5,8-10,13-14H2,1H3/p+1. The van der Waals surface area contributed by atoms with Gasteiger partial charge in [0.15, 0.2) is 0 Å². The maximum atomic E-state index is 10.2. The second kappa shape index (κ2) is 8.23. The predicted molar refractivity (Wildman–Crippen MR) is 97.9 cm³/mol. The van der Waals surface area contributed by atoms with Crippen molar-refractivity contribution in [2.75, 3.05) is 13.1 Å². The highest BCUT2D eigenvalue weighted by Crippen LogP contribution is 2.22. The molecule has 0 unspecified atom stereocenters. The van der Waals surface area contributed by atoms with Crippen LogP contribution in [0.15, 0.2) is 35.5 Å². The molecule has 3 N–H and O–H groups in total. The molecule has 0 atom stereocenters. The van der Waals surface area contributed by atoms with E-state index in [1.165, 1.54) is 37.1 Å². The third-order valence-electron chi connectivity index (χ3n) is 4.88. The fourth-order valence-electron chi connectivity index (χ4n) is 3.36. The molecule has 5 nitrogen and oxygen atoms in total. The van der Waals surface area contributed by atoms with Gasteiger partial charge >= 0.3 is 0 Å². The Hall–Kier alpha value is -2.24.